The lowest BCUT2D eigenvalue weighted by Crippen LogP contribution is -2.10. The maximum absolute atomic E-state index is 11.7. The van der Waals surface area contributed by atoms with E-state index in [9.17, 15) is 4.79 Å². The van der Waals surface area contributed by atoms with Crippen LogP contribution in [0.25, 0.3) is 5.57 Å². The Balaban J connectivity index is 2.89. The van der Waals surface area contributed by atoms with E-state index in [2.05, 4.69) is 0 Å². The smallest absolute Gasteiger partial charge is 0.188 e. The second-order valence-electron chi connectivity index (χ2n) is 7.19. The van der Waals surface area contributed by atoms with E-state index in [1.165, 1.54) is 20.3 Å². The van der Waals surface area contributed by atoms with Crippen molar-refractivity contribution < 1.29 is 28.5 Å². The summed E-state index contributed by atoms with van der Waals surface area (Å²) in [6.07, 6.45) is 4.68. The maximum atomic E-state index is 11.7. The Kier molecular flexibility index (Phi) is 10.7. The molecule has 0 aromatic heterocycles. The van der Waals surface area contributed by atoms with Crippen LogP contribution in [-0.4, -0.2) is 41.2 Å². The largest absolute Gasteiger partial charge is 0.496 e. The molecule has 2 aromatic carbocycles. The van der Waals surface area contributed by atoms with Gasteiger partial charge in [-0.15, -0.1) is 0 Å². The number of rotatable bonds is 12. The fourth-order valence-corrected chi connectivity index (χ4v) is 3.45. The predicted octanol–water partition coefficient (Wildman–Crippen LogP) is 6.11. The van der Waals surface area contributed by atoms with Gasteiger partial charge in [-0.1, -0.05) is 40.9 Å². The zero-order chi connectivity index (χ0) is 24.4. The highest BCUT2D eigenvalue weighted by atomic mass is 35.5. The lowest BCUT2D eigenvalue weighted by atomic mass is 9.92. The quantitative estimate of drug-likeness (QED) is 0.153. The lowest BCUT2D eigenvalue weighted by molar-refractivity contribution is -0.104. The Morgan fingerprint density at radius 3 is 2.21 bits per heavy atom. The summed E-state index contributed by atoms with van der Waals surface area (Å²) in [6.45, 7) is 4.02. The van der Waals surface area contributed by atoms with E-state index in [0.29, 0.717) is 56.7 Å². The summed E-state index contributed by atoms with van der Waals surface area (Å²) in [4.78, 5) is 11.7. The van der Waals surface area contributed by atoms with Crippen LogP contribution in [0.4, 0.5) is 0 Å². The van der Waals surface area contributed by atoms with E-state index < -0.39 is 0 Å². The summed E-state index contributed by atoms with van der Waals surface area (Å²) in [6, 6.07) is 6.87. The van der Waals surface area contributed by atoms with E-state index in [1.807, 2.05) is 19.9 Å². The van der Waals surface area contributed by atoms with Crippen LogP contribution < -0.4 is 14.2 Å². The van der Waals surface area contributed by atoms with Gasteiger partial charge in [-0.2, -0.15) is 0 Å². The molecule has 0 heterocycles. The number of carbonyl (C=O) groups is 1. The van der Waals surface area contributed by atoms with Crippen molar-refractivity contribution in [2.45, 2.75) is 20.3 Å². The van der Waals surface area contributed by atoms with Gasteiger partial charge in [0.25, 0.3) is 0 Å². The van der Waals surface area contributed by atoms with Gasteiger partial charge in [-0.05, 0) is 49.6 Å². The first-order chi connectivity index (χ1) is 15.9. The van der Waals surface area contributed by atoms with Crippen molar-refractivity contribution in [3.8, 4) is 17.2 Å². The number of halogens is 2. The number of benzene rings is 2. The van der Waals surface area contributed by atoms with E-state index in [1.54, 1.807) is 31.4 Å². The molecule has 0 aliphatic carbocycles. The molecule has 2 aromatic rings. The van der Waals surface area contributed by atoms with Crippen molar-refractivity contribution in [3.63, 3.8) is 0 Å². The van der Waals surface area contributed by atoms with Crippen LogP contribution in [-0.2, 0) is 20.7 Å². The molecule has 0 radical (unpaired) electrons. The summed E-state index contributed by atoms with van der Waals surface area (Å²) >= 11 is 12.4. The van der Waals surface area contributed by atoms with Gasteiger partial charge in [-0.25, -0.2) is 0 Å². The van der Waals surface area contributed by atoms with Crippen LogP contribution >= 0.6 is 23.2 Å². The summed E-state index contributed by atoms with van der Waals surface area (Å²) in [5.41, 5.74) is 3.63. The summed E-state index contributed by atoms with van der Waals surface area (Å²) in [7, 11) is 4.60. The second-order valence-corrected chi connectivity index (χ2v) is 8.01. The number of hydrogen-bond donors (Lipinski definition) is 0. The first kappa shape index (κ1) is 26.7. The molecule has 0 atom stereocenters. The van der Waals surface area contributed by atoms with Crippen molar-refractivity contribution in [1.82, 2.24) is 0 Å². The molecule has 0 bridgehead atoms. The first-order valence-corrected chi connectivity index (χ1v) is 10.8. The van der Waals surface area contributed by atoms with E-state index in [0.717, 1.165) is 11.1 Å². The Bertz CT molecular complexity index is 1030. The molecule has 33 heavy (non-hydrogen) atoms. The average molecular weight is 495 g/mol. The van der Waals surface area contributed by atoms with Gasteiger partial charge in [0.1, 0.15) is 23.5 Å². The highest BCUT2D eigenvalue weighted by Crippen LogP contribution is 2.46. The number of ether oxygens (including phenoxy) is 5. The van der Waals surface area contributed by atoms with Crippen LogP contribution in [0.5, 0.6) is 17.2 Å². The van der Waals surface area contributed by atoms with Crippen molar-refractivity contribution in [2.24, 2.45) is 0 Å². The number of methoxy groups -OCH3 is 3. The normalized spacial score (nSPS) is 11.2. The molecule has 0 fully saturated rings. The molecule has 0 saturated heterocycles. The van der Waals surface area contributed by atoms with Crippen LogP contribution in [0.1, 0.15) is 30.5 Å². The van der Waals surface area contributed by atoms with Crippen LogP contribution in [0.15, 0.2) is 42.0 Å². The highest BCUT2D eigenvalue weighted by Gasteiger charge is 2.25. The number of aldehydes is 1. The minimum atomic E-state index is -0.0263. The Labute approximate surface area is 204 Å². The predicted molar refractivity (Wildman–Crippen MR) is 131 cm³/mol. The van der Waals surface area contributed by atoms with Gasteiger partial charge < -0.3 is 23.7 Å². The molecule has 0 unspecified atom stereocenters. The molecular weight excluding hydrogens is 467 g/mol. The number of hydrogen-bond acceptors (Lipinski definition) is 6. The third kappa shape index (κ3) is 6.98. The van der Waals surface area contributed by atoms with Crippen molar-refractivity contribution in [3.05, 3.63) is 68.7 Å². The average Bonchev–Trinajstić information content (AvgIpc) is 2.80. The summed E-state index contributed by atoms with van der Waals surface area (Å²) in [5, 5.41) is 0.760. The molecule has 8 heteroatoms. The van der Waals surface area contributed by atoms with E-state index in [-0.39, 0.29) is 13.6 Å². The zero-order valence-electron chi connectivity index (χ0n) is 19.4. The first-order valence-electron chi connectivity index (χ1n) is 10.1. The van der Waals surface area contributed by atoms with Gasteiger partial charge in [0.05, 0.1) is 22.7 Å². The standard InChI is InChI=1S/C25H28Cl2O6/c1-16(2)6-8-19-22(32-14-29-3)13-23(31-5)24(25(19)33-15-30-4)18(10-11-28)17-7-9-20(26)21(27)12-17/h6-7,9-13H,8,14-15H2,1-5H3/b18-10+. The van der Waals surface area contributed by atoms with Crippen LogP contribution in [0.3, 0.4) is 0 Å². The van der Waals surface area contributed by atoms with Gasteiger partial charge in [0, 0.05) is 25.8 Å². The molecule has 6 nitrogen and oxygen atoms in total. The van der Waals surface area contributed by atoms with Crippen LogP contribution in [0, 0.1) is 0 Å². The molecule has 0 N–H and O–H groups in total. The van der Waals surface area contributed by atoms with Gasteiger partial charge in [-0.3, -0.25) is 4.79 Å². The number of carbonyl (C=O) groups excluding carboxylic acids is 1. The second kappa shape index (κ2) is 13.3. The zero-order valence-corrected chi connectivity index (χ0v) is 20.9. The third-order valence-electron chi connectivity index (χ3n) is 4.63. The molecule has 0 aliphatic heterocycles. The molecular formula is C25H28Cl2O6. The minimum Gasteiger partial charge on any atom is -0.496 e. The SMILES string of the molecule is COCOc1cc(OC)c(/C(=C/C=O)c2ccc(Cl)c(Cl)c2)c(OCOC)c1CC=C(C)C. The Morgan fingerprint density at radius 1 is 0.939 bits per heavy atom. The summed E-state index contributed by atoms with van der Waals surface area (Å²) < 4.78 is 27.9. The number of allylic oxidation sites excluding steroid dienone is 3. The minimum absolute atomic E-state index is 0.0263. The monoisotopic (exact) mass is 494 g/mol. The molecule has 178 valence electrons. The van der Waals surface area contributed by atoms with Crippen molar-refractivity contribution in [1.29, 1.82) is 0 Å². The van der Waals surface area contributed by atoms with Gasteiger partial charge in [0.2, 0.25) is 0 Å². The molecule has 2 rings (SSSR count). The van der Waals surface area contributed by atoms with Gasteiger partial charge in [0.15, 0.2) is 13.6 Å². The molecule has 0 aliphatic rings. The van der Waals surface area contributed by atoms with E-state index >= 15 is 0 Å². The summed E-state index contributed by atoms with van der Waals surface area (Å²) in [5.74, 6) is 1.42. The van der Waals surface area contributed by atoms with Crippen LogP contribution in [0.2, 0.25) is 10.0 Å². The molecule has 0 saturated carbocycles. The van der Waals surface area contributed by atoms with Crippen molar-refractivity contribution in [2.75, 3.05) is 34.9 Å². The lowest BCUT2D eigenvalue weighted by Gasteiger charge is -2.23. The third-order valence-corrected chi connectivity index (χ3v) is 5.37. The topological polar surface area (TPSA) is 63.2 Å². The molecule has 0 amide bonds. The fraction of sp³-hybridized carbons (Fsp3) is 0.320. The maximum Gasteiger partial charge on any atom is 0.188 e. The van der Waals surface area contributed by atoms with E-state index in [4.69, 9.17) is 46.9 Å². The van der Waals surface area contributed by atoms with Crippen molar-refractivity contribution >= 4 is 35.1 Å². The Hall–Kier alpha value is -2.51. The fourth-order valence-electron chi connectivity index (χ4n) is 3.15. The Morgan fingerprint density at radius 2 is 1.64 bits per heavy atom. The molecule has 0 spiro atoms. The van der Waals surface area contributed by atoms with Gasteiger partial charge >= 0.3 is 0 Å². The highest BCUT2D eigenvalue weighted by molar-refractivity contribution is 6.42.